The molecule has 1 aromatic carbocycles. The van der Waals surface area contributed by atoms with Gasteiger partial charge in [-0.2, -0.15) is 11.8 Å². The summed E-state index contributed by atoms with van der Waals surface area (Å²) in [6, 6.07) is 3.94. The number of hydrogen-bond donors (Lipinski definition) is 2. The maximum absolute atomic E-state index is 12.9. The van der Waals surface area contributed by atoms with E-state index in [-0.39, 0.29) is 11.6 Å². The Kier molecular flexibility index (Phi) is 6.66. The van der Waals surface area contributed by atoms with E-state index in [4.69, 9.17) is 5.73 Å². The number of halogens is 1. The molecule has 0 fully saturated rings. The van der Waals surface area contributed by atoms with Crippen molar-refractivity contribution in [3.05, 3.63) is 24.0 Å². The first-order valence-corrected chi connectivity index (χ1v) is 7.44. The summed E-state index contributed by atoms with van der Waals surface area (Å²) in [5.74, 6) is 0.518. The largest absolute Gasteiger partial charge is 0.397 e. The molecule has 0 radical (unpaired) electrons. The monoisotopic (exact) mass is 285 g/mol. The molecule has 0 spiro atoms. The Bertz CT molecular complexity index is 428. The maximum Gasteiger partial charge on any atom is 0.225 e. The van der Waals surface area contributed by atoms with Gasteiger partial charge < -0.3 is 16.0 Å². The minimum atomic E-state index is -0.410. The fourth-order valence-corrected chi connectivity index (χ4v) is 2.01. The second-order valence-electron chi connectivity index (χ2n) is 4.33. The summed E-state index contributed by atoms with van der Waals surface area (Å²) in [6.45, 7) is 1.64. The van der Waals surface area contributed by atoms with Crippen LogP contribution in [-0.2, 0) is 4.79 Å². The van der Waals surface area contributed by atoms with Crippen molar-refractivity contribution in [2.75, 3.05) is 43.2 Å². The zero-order chi connectivity index (χ0) is 14.3. The minimum absolute atomic E-state index is 0.116. The van der Waals surface area contributed by atoms with Crippen LogP contribution in [-0.4, -0.2) is 43.0 Å². The van der Waals surface area contributed by atoms with Gasteiger partial charge >= 0.3 is 0 Å². The summed E-state index contributed by atoms with van der Waals surface area (Å²) in [6.07, 6.45) is 2.44. The molecule has 1 amide bonds. The molecule has 0 bridgehead atoms. The van der Waals surface area contributed by atoms with Gasteiger partial charge in [-0.05, 0) is 31.5 Å². The number of nitrogens with one attached hydrogen (secondary N) is 1. The zero-order valence-corrected chi connectivity index (χ0v) is 12.1. The van der Waals surface area contributed by atoms with Gasteiger partial charge in [0.25, 0.3) is 0 Å². The predicted octanol–water partition coefficient (Wildman–Crippen LogP) is 2.03. The third kappa shape index (κ3) is 5.94. The normalized spacial score (nSPS) is 10.7. The van der Waals surface area contributed by atoms with Crippen molar-refractivity contribution >= 4 is 29.0 Å². The van der Waals surface area contributed by atoms with E-state index in [0.29, 0.717) is 18.7 Å². The van der Waals surface area contributed by atoms with Gasteiger partial charge in [0.05, 0.1) is 11.4 Å². The highest BCUT2D eigenvalue weighted by Crippen LogP contribution is 2.19. The number of thioether (sulfide) groups is 1. The summed E-state index contributed by atoms with van der Waals surface area (Å²) >= 11 is 1.78. The predicted molar refractivity (Wildman–Crippen MR) is 79.9 cm³/mol. The second-order valence-corrected chi connectivity index (χ2v) is 5.31. The molecule has 6 heteroatoms. The minimum Gasteiger partial charge on any atom is -0.397 e. The molecule has 0 unspecified atom stereocenters. The molecule has 3 N–H and O–H groups in total. The summed E-state index contributed by atoms with van der Waals surface area (Å²) < 4.78 is 12.9. The van der Waals surface area contributed by atoms with E-state index in [1.807, 2.05) is 7.05 Å². The molecule has 19 heavy (non-hydrogen) atoms. The van der Waals surface area contributed by atoms with Gasteiger partial charge in [0, 0.05) is 25.3 Å². The lowest BCUT2D eigenvalue weighted by atomic mass is 10.2. The topological polar surface area (TPSA) is 58.4 Å². The van der Waals surface area contributed by atoms with E-state index in [9.17, 15) is 9.18 Å². The molecule has 0 atom stereocenters. The lowest BCUT2D eigenvalue weighted by molar-refractivity contribution is -0.116. The first-order valence-electron chi connectivity index (χ1n) is 6.05. The SMILES string of the molecule is CSCCN(C)CCC(=O)Nc1ccc(F)cc1N. The molecule has 0 heterocycles. The van der Waals surface area contributed by atoms with Gasteiger partial charge in [0.1, 0.15) is 5.82 Å². The Balaban J connectivity index is 2.38. The number of nitrogens with zero attached hydrogens (tertiary/aromatic N) is 1. The second kappa shape index (κ2) is 8.01. The maximum atomic E-state index is 12.9. The number of benzene rings is 1. The molecule has 0 aliphatic heterocycles. The molecule has 0 aliphatic rings. The van der Waals surface area contributed by atoms with Gasteiger partial charge in [-0.3, -0.25) is 4.79 Å². The van der Waals surface area contributed by atoms with Gasteiger partial charge in [-0.25, -0.2) is 4.39 Å². The molecule has 4 nitrogen and oxygen atoms in total. The molecular formula is C13H20FN3OS. The number of carbonyl (C=O) groups is 1. The molecule has 106 valence electrons. The van der Waals surface area contributed by atoms with Crippen LogP contribution in [0.25, 0.3) is 0 Å². The van der Waals surface area contributed by atoms with Gasteiger partial charge in [0.2, 0.25) is 5.91 Å². The van der Waals surface area contributed by atoms with E-state index >= 15 is 0 Å². The van der Waals surface area contributed by atoms with Crippen LogP contribution in [0.3, 0.4) is 0 Å². The van der Waals surface area contributed by atoms with E-state index in [1.165, 1.54) is 18.2 Å². The zero-order valence-electron chi connectivity index (χ0n) is 11.3. The van der Waals surface area contributed by atoms with E-state index in [1.54, 1.807) is 11.8 Å². The van der Waals surface area contributed by atoms with Crippen molar-refractivity contribution in [2.45, 2.75) is 6.42 Å². The molecular weight excluding hydrogens is 265 g/mol. The van der Waals surface area contributed by atoms with E-state index < -0.39 is 5.82 Å². The number of nitrogens with two attached hydrogens (primary N) is 1. The summed E-state index contributed by atoms with van der Waals surface area (Å²) in [5, 5.41) is 2.69. The third-order valence-electron chi connectivity index (χ3n) is 2.69. The van der Waals surface area contributed by atoms with Gasteiger partial charge in [0.15, 0.2) is 0 Å². The Morgan fingerprint density at radius 3 is 2.84 bits per heavy atom. The fourth-order valence-electron chi connectivity index (χ4n) is 1.51. The van der Waals surface area contributed by atoms with E-state index in [2.05, 4.69) is 16.5 Å². The first-order chi connectivity index (χ1) is 9.02. The molecule has 0 aliphatic carbocycles. The van der Waals surface area contributed by atoms with Crippen molar-refractivity contribution in [1.82, 2.24) is 4.90 Å². The summed E-state index contributed by atoms with van der Waals surface area (Å²) in [7, 11) is 1.98. The highest BCUT2D eigenvalue weighted by Gasteiger charge is 2.07. The Labute approximate surface area is 117 Å². The molecule has 0 saturated carbocycles. The summed E-state index contributed by atoms with van der Waals surface area (Å²) in [4.78, 5) is 13.8. The van der Waals surface area contributed by atoms with Crippen LogP contribution in [0.1, 0.15) is 6.42 Å². The number of rotatable bonds is 7. The van der Waals surface area contributed by atoms with Crippen LogP contribution in [0, 0.1) is 5.82 Å². The highest BCUT2D eigenvalue weighted by atomic mass is 32.2. The lowest BCUT2D eigenvalue weighted by Gasteiger charge is -2.15. The Morgan fingerprint density at radius 1 is 1.47 bits per heavy atom. The quantitative estimate of drug-likeness (QED) is 0.753. The van der Waals surface area contributed by atoms with Crippen LogP contribution < -0.4 is 11.1 Å². The highest BCUT2D eigenvalue weighted by molar-refractivity contribution is 7.98. The smallest absolute Gasteiger partial charge is 0.225 e. The average molecular weight is 285 g/mol. The van der Waals surface area contributed by atoms with Crippen LogP contribution in [0.15, 0.2) is 18.2 Å². The van der Waals surface area contributed by atoms with Gasteiger partial charge in [-0.15, -0.1) is 0 Å². The van der Waals surface area contributed by atoms with Crippen LogP contribution in [0.2, 0.25) is 0 Å². The lowest BCUT2D eigenvalue weighted by Crippen LogP contribution is -2.26. The first kappa shape index (κ1) is 15.8. The van der Waals surface area contributed by atoms with Gasteiger partial charge in [-0.1, -0.05) is 0 Å². The van der Waals surface area contributed by atoms with Crippen molar-refractivity contribution in [2.24, 2.45) is 0 Å². The Hall–Kier alpha value is -1.27. The number of carbonyl (C=O) groups excluding carboxylic acids is 1. The van der Waals surface area contributed by atoms with Crippen LogP contribution in [0.4, 0.5) is 15.8 Å². The van der Waals surface area contributed by atoms with E-state index in [0.717, 1.165) is 12.3 Å². The number of hydrogen-bond acceptors (Lipinski definition) is 4. The number of amides is 1. The molecule has 1 aromatic rings. The molecule has 0 aromatic heterocycles. The van der Waals surface area contributed by atoms with Crippen LogP contribution in [0.5, 0.6) is 0 Å². The standard InChI is InChI=1S/C13H20FN3OS/c1-17(7-8-19-2)6-5-13(18)16-12-4-3-10(14)9-11(12)15/h3-4,9H,5-8,15H2,1-2H3,(H,16,18). The van der Waals surface area contributed by atoms with Crippen molar-refractivity contribution < 1.29 is 9.18 Å². The van der Waals surface area contributed by atoms with Crippen molar-refractivity contribution in [3.8, 4) is 0 Å². The summed E-state index contributed by atoms with van der Waals surface area (Å²) in [5.41, 5.74) is 6.32. The van der Waals surface area contributed by atoms with Crippen molar-refractivity contribution in [3.63, 3.8) is 0 Å². The molecule has 1 rings (SSSR count). The molecule has 0 saturated heterocycles. The number of anilines is 2. The third-order valence-corrected chi connectivity index (χ3v) is 3.28. The number of nitrogen functional groups attached to an aromatic ring is 1. The fraction of sp³-hybridized carbons (Fsp3) is 0.462. The van der Waals surface area contributed by atoms with Crippen molar-refractivity contribution in [1.29, 1.82) is 0 Å². The Morgan fingerprint density at radius 2 is 2.21 bits per heavy atom. The van der Waals surface area contributed by atoms with Crippen LogP contribution >= 0.6 is 11.8 Å². The average Bonchev–Trinajstić information content (AvgIpc) is 2.37.